The van der Waals surface area contributed by atoms with Gasteiger partial charge >= 0.3 is 0 Å². The number of halogens is 1. The lowest BCUT2D eigenvalue weighted by Crippen LogP contribution is -2.51. The van der Waals surface area contributed by atoms with Crippen molar-refractivity contribution in [1.82, 2.24) is 16.0 Å². The number of likely N-dealkylation sites (N-methyl/N-ethyl adjacent to an activating group) is 1. The van der Waals surface area contributed by atoms with Crippen LogP contribution in [0.1, 0.15) is 31.1 Å². The largest absolute Gasteiger partial charge is 0.353 e. The van der Waals surface area contributed by atoms with Crippen LogP contribution in [0.2, 0.25) is 0 Å². The van der Waals surface area contributed by atoms with E-state index in [1.807, 2.05) is 27.8 Å². The molecule has 1 aromatic rings. The van der Waals surface area contributed by atoms with Gasteiger partial charge in [0.2, 0.25) is 5.91 Å². The van der Waals surface area contributed by atoms with E-state index in [0.29, 0.717) is 12.1 Å². The zero-order valence-corrected chi connectivity index (χ0v) is 13.4. The summed E-state index contributed by atoms with van der Waals surface area (Å²) >= 11 is 0. The molecular formula is C16H24FN3O2. The summed E-state index contributed by atoms with van der Waals surface area (Å²) in [7, 11) is 1.81. The van der Waals surface area contributed by atoms with E-state index in [0.717, 1.165) is 0 Å². The van der Waals surface area contributed by atoms with E-state index in [4.69, 9.17) is 0 Å². The van der Waals surface area contributed by atoms with Crippen molar-refractivity contribution in [3.8, 4) is 0 Å². The zero-order valence-electron chi connectivity index (χ0n) is 13.4. The van der Waals surface area contributed by atoms with E-state index in [2.05, 4.69) is 16.0 Å². The van der Waals surface area contributed by atoms with E-state index in [9.17, 15) is 14.0 Å². The minimum Gasteiger partial charge on any atom is -0.353 e. The first-order chi connectivity index (χ1) is 10.3. The molecule has 6 heteroatoms. The molecule has 0 aliphatic heterocycles. The summed E-state index contributed by atoms with van der Waals surface area (Å²) < 4.78 is 12.9. The Morgan fingerprint density at radius 3 is 2.23 bits per heavy atom. The molecule has 3 N–H and O–H groups in total. The fraction of sp³-hybridized carbons (Fsp3) is 0.500. The van der Waals surface area contributed by atoms with Crippen LogP contribution in [-0.2, 0) is 4.79 Å². The molecule has 0 aliphatic rings. The summed E-state index contributed by atoms with van der Waals surface area (Å²) in [5, 5.41) is 8.53. The second-order valence-corrected chi connectivity index (χ2v) is 5.64. The Morgan fingerprint density at radius 2 is 1.73 bits per heavy atom. The number of carbonyl (C=O) groups excluding carboxylic acids is 2. The lowest BCUT2D eigenvalue weighted by Gasteiger charge is -2.22. The molecule has 0 bridgehead atoms. The molecule has 2 amide bonds. The Balaban J connectivity index is 2.69. The van der Waals surface area contributed by atoms with Crippen LogP contribution in [0.25, 0.3) is 0 Å². The molecule has 0 heterocycles. The smallest absolute Gasteiger partial charge is 0.251 e. The Kier molecular flexibility index (Phi) is 6.98. The predicted octanol–water partition coefficient (Wildman–Crippen LogP) is 1.30. The van der Waals surface area contributed by atoms with Gasteiger partial charge < -0.3 is 16.0 Å². The van der Waals surface area contributed by atoms with E-state index in [1.54, 1.807) is 0 Å². The molecule has 2 atom stereocenters. The third-order valence-electron chi connectivity index (χ3n) is 3.42. The number of nitrogens with one attached hydrogen (secondary N) is 3. The standard InChI is InChI=1S/C16H24FN3O2/c1-10(2)14(16(22)19-9-11(3)18-4)20-15(21)12-5-7-13(17)8-6-12/h5-8,10-11,14,18H,9H2,1-4H3,(H,19,22)(H,20,21). The van der Waals surface area contributed by atoms with Crippen LogP contribution >= 0.6 is 0 Å². The maximum atomic E-state index is 12.9. The van der Waals surface area contributed by atoms with Crippen molar-refractivity contribution in [2.75, 3.05) is 13.6 Å². The molecule has 0 aliphatic carbocycles. The van der Waals surface area contributed by atoms with E-state index in [-0.39, 0.29) is 17.9 Å². The van der Waals surface area contributed by atoms with Gasteiger partial charge in [-0.3, -0.25) is 9.59 Å². The molecule has 2 unspecified atom stereocenters. The summed E-state index contributed by atoms with van der Waals surface area (Å²) in [6.45, 7) is 6.14. The van der Waals surface area contributed by atoms with Crippen molar-refractivity contribution in [2.24, 2.45) is 5.92 Å². The maximum Gasteiger partial charge on any atom is 0.251 e. The lowest BCUT2D eigenvalue weighted by molar-refractivity contribution is -0.124. The number of benzene rings is 1. The number of carbonyl (C=O) groups is 2. The molecule has 0 radical (unpaired) electrons. The summed E-state index contributed by atoms with van der Waals surface area (Å²) in [6, 6.07) is 4.72. The second kappa shape index (κ2) is 8.48. The zero-order chi connectivity index (χ0) is 16.7. The number of hydrogen-bond donors (Lipinski definition) is 3. The fourth-order valence-corrected chi connectivity index (χ4v) is 1.83. The van der Waals surface area contributed by atoms with Gasteiger partial charge in [0.05, 0.1) is 0 Å². The second-order valence-electron chi connectivity index (χ2n) is 5.64. The van der Waals surface area contributed by atoms with Gasteiger partial charge in [0, 0.05) is 18.2 Å². The molecular weight excluding hydrogens is 285 g/mol. The van der Waals surface area contributed by atoms with Crippen molar-refractivity contribution in [2.45, 2.75) is 32.9 Å². The summed E-state index contributed by atoms with van der Waals surface area (Å²) in [5.74, 6) is -1.09. The highest BCUT2D eigenvalue weighted by atomic mass is 19.1. The third kappa shape index (κ3) is 5.44. The molecule has 5 nitrogen and oxygen atoms in total. The van der Waals surface area contributed by atoms with Crippen molar-refractivity contribution in [3.05, 3.63) is 35.6 Å². The maximum absolute atomic E-state index is 12.9. The summed E-state index contributed by atoms with van der Waals surface area (Å²) in [5.41, 5.74) is 0.323. The van der Waals surface area contributed by atoms with Crippen LogP contribution in [-0.4, -0.2) is 37.5 Å². The molecule has 0 saturated carbocycles. The molecule has 122 valence electrons. The van der Waals surface area contributed by atoms with Crippen LogP contribution in [0.3, 0.4) is 0 Å². The Labute approximate surface area is 130 Å². The monoisotopic (exact) mass is 309 g/mol. The number of amides is 2. The van der Waals surface area contributed by atoms with Gasteiger partial charge in [-0.2, -0.15) is 0 Å². The first-order valence-corrected chi connectivity index (χ1v) is 7.36. The normalized spacial score (nSPS) is 13.5. The van der Waals surface area contributed by atoms with Crippen LogP contribution in [0.5, 0.6) is 0 Å². The first kappa shape index (κ1) is 18.1. The molecule has 1 rings (SSSR count). The molecule has 1 aromatic carbocycles. The molecule has 0 fully saturated rings. The van der Waals surface area contributed by atoms with Gasteiger partial charge in [-0.1, -0.05) is 13.8 Å². The third-order valence-corrected chi connectivity index (χ3v) is 3.42. The minimum absolute atomic E-state index is 0.0608. The Bertz CT molecular complexity index is 503. The molecule has 0 aromatic heterocycles. The van der Waals surface area contributed by atoms with Gasteiger partial charge in [-0.25, -0.2) is 4.39 Å². The highest BCUT2D eigenvalue weighted by Gasteiger charge is 2.24. The highest BCUT2D eigenvalue weighted by Crippen LogP contribution is 2.06. The summed E-state index contributed by atoms with van der Waals surface area (Å²) in [6.07, 6.45) is 0. The average molecular weight is 309 g/mol. The van der Waals surface area contributed by atoms with Gasteiger partial charge in [0.1, 0.15) is 11.9 Å². The molecule has 22 heavy (non-hydrogen) atoms. The van der Waals surface area contributed by atoms with Gasteiger partial charge in [-0.05, 0) is 44.2 Å². The van der Waals surface area contributed by atoms with E-state index < -0.39 is 17.8 Å². The number of rotatable bonds is 7. The van der Waals surface area contributed by atoms with E-state index in [1.165, 1.54) is 24.3 Å². The van der Waals surface area contributed by atoms with Crippen LogP contribution in [0.4, 0.5) is 4.39 Å². The van der Waals surface area contributed by atoms with Crippen molar-refractivity contribution >= 4 is 11.8 Å². The van der Waals surface area contributed by atoms with Crippen LogP contribution in [0.15, 0.2) is 24.3 Å². The van der Waals surface area contributed by atoms with Crippen molar-refractivity contribution < 1.29 is 14.0 Å². The Morgan fingerprint density at radius 1 is 1.14 bits per heavy atom. The minimum atomic E-state index is -0.637. The lowest BCUT2D eigenvalue weighted by atomic mass is 10.0. The van der Waals surface area contributed by atoms with Gasteiger partial charge in [0.15, 0.2) is 0 Å². The first-order valence-electron chi connectivity index (χ1n) is 7.36. The highest BCUT2D eigenvalue weighted by molar-refractivity contribution is 5.97. The van der Waals surface area contributed by atoms with Crippen molar-refractivity contribution in [3.63, 3.8) is 0 Å². The molecule has 0 saturated heterocycles. The summed E-state index contributed by atoms with van der Waals surface area (Å²) in [4.78, 5) is 24.4. The van der Waals surface area contributed by atoms with Gasteiger partial charge in [0.25, 0.3) is 5.91 Å². The quantitative estimate of drug-likeness (QED) is 0.711. The van der Waals surface area contributed by atoms with Gasteiger partial charge in [-0.15, -0.1) is 0 Å². The van der Waals surface area contributed by atoms with Crippen molar-refractivity contribution in [1.29, 1.82) is 0 Å². The number of hydrogen-bond acceptors (Lipinski definition) is 3. The van der Waals surface area contributed by atoms with Crippen LogP contribution in [0, 0.1) is 11.7 Å². The topological polar surface area (TPSA) is 70.2 Å². The average Bonchev–Trinajstić information content (AvgIpc) is 2.49. The molecule has 0 spiro atoms. The fourth-order valence-electron chi connectivity index (χ4n) is 1.83. The van der Waals surface area contributed by atoms with Crippen LogP contribution < -0.4 is 16.0 Å². The predicted molar refractivity (Wildman–Crippen MR) is 84.0 cm³/mol. The van der Waals surface area contributed by atoms with E-state index >= 15 is 0 Å². The SMILES string of the molecule is CNC(C)CNC(=O)C(NC(=O)c1ccc(F)cc1)C(C)C. The Hall–Kier alpha value is -1.95.